The molecule has 0 atom stereocenters. The number of thiazole rings is 1. The van der Waals surface area contributed by atoms with Gasteiger partial charge in [-0.15, -0.1) is 35.3 Å². The van der Waals surface area contributed by atoms with Crippen LogP contribution < -0.4 is 10.6 Å². The van der Waals surface area contributed by atoms with E-state index in [0.717, 1.165) is 40.9 Å². The molecule has 2 heterocycles. The second-order valence-corrected chi connectivity index (χ2v) is 6.41. The topological polar surface area (TPSA) is 62.2 Å². The van der Waals surface area contributed by atoms with Crippen molar-refractivity contribution >= 4 is 52.9 Å². The number of nitrogens with zero attached hydrogens (tertiary/aromatic N) is 3. The van der Waals surface area contributed by atoms with Gasteiger partial charge in [0.05, 0.1) is 11.6 Å². The number of aliphatic imine (C=N–C) groups is 1. The molecular weight excluding hydrogens is 445 g/mol. The molecule has 126 valence electrons. The number of hydrogen-bond donors (Lipinski definition) is 2. The Hall–Kier alpha value is -0.930. The van der Waals surface area contributed by atoms with E-state index in [4.69, 9.17) is 11.6 Å². The molecule has 2 aromatic rings. The van der Waals surface area contributed by atoms with Gasteiger partial charge in [-0.3, -0.25) is 0 Å². The fourth-order valence-electron chi connectivity index (χ4n) is 1.86. The highest BCUT2D eigenvalue weighted by atomic mass is 127. The van der Waals surface area contributed by atoms with Crippen LogP contribution in [0.25, 0.3) is 0 Å². The maximum Gasteiger partial charge on any atom is 0.191 e. The van der Waals surface area contributed by atoms with Gasteiger partial charge in [0.15, 0.2) is 5.96 Å². The normalized spacial score (nSPS) is 11.0. The summed E-state index contributed by atoms with van der Waals surface area (Å²) in [7, 11) is 0. The van der Waals surface area contributed by atoms with Crippen molar-refractivity contribution in [3.8, 4) is 0 Å². The average molecular weight is 466 g/mol. The summed E-state index contributed by atoms with van der Waals surface area (Å²) in [5, 5.41) is 8.15. The molecular formula is C15H21ClIN5S. The van der Waals surface area contributed by atoms with Crippen LogP contribution in [-0.4, -0.2) is 29.0 Å². The molecule has 0 amide bonds. The zero-order valence-electron chi connectivity index (χ0n) is 13.2. The van der Waals surface area contributed by atoms with Gasteiger partial charge >= 0.3 is 0 Å². The van der Waals surface area contributed by atoms with E-state index in [2.05, 4.69) is 32.5 Å². The highest BCUT2D eigenvalue weighted by molar-refractivity contribution is 14.0. The Bertz CT molecular complexity index is 615. The number of halogens is 2. The molecule has 0 radical (unpaired) electrons. The minimum absolute atomic E-state index is 0. The molecule has 23 heavy (non-hydrogen) atoms. The zero-order chi connectivity index (χ0) is 15.8. The summed E-state index contributed by atoms with van der Waals surface area (Å²) in [5.74, 6) is 0.815. The van der Waals surface area contributed by atoms with Gasteiger partial charge in [-0.1, -0.05) is 17.7 Å². The number of pyridine rings is 1. The lowest BCUT2D eigenvalue weighted by atomic mass is 10.2. The molecule has 2 N–H and O–H groups in total. The van der Waals surface area contributed by atoms with Crippen LogP contribution in [0.1, 0.15) is 22.4 Å². The molecule has 0 saturated heterocycles. The summed E-state index contributed by atoms with van der Waals surface area (Å²) in [6.07, 6.45) is 4.55. The van der Waals surface area contributed by atoms with Gasteiger partial charge < -0.3 is 10.6 Å². The van der Waals surface area contributed by atoms with Crippen LogP contribution in [0.2, 0.25) is 5.15 Å². The molecule has 0 aliphatic heterocycles. The number of aryl methyl sites for hydroxylation is 1. The van der Waals surface area contributed by atoms with Crippen LogP contribution in [-0.2, 0) is 13.0 Å². The Morgan fingerprint density at radius 2 is 2.09 bits per heavy atom. The van der Waals surface area contributed by atoms with Crippen molar-refractivity contribution in [2.75, 3.05) is 13.1 Å². The van der Waals surface area contributed by atoms with Crippen molar-refractivity contribution in [1.29, 1.82) is 0 Å². The summed E-state index contributed by atoms with van der Waals surface area (Å²) in [5.41, 5.74) is 1.14. The number of rotatable bonds is 6. The van der Waals surface area contributed by atoms with Gasteiger partial charge in [0.25, 0.3) is 0 Å². The molecule has 0 saturated carbocycles. The molecule has 5 nitrogen and oxygen atoms in total. The first-order valence-corrected chi connectivity index (χ1v) is 8.40. The first-order chi connectivity index (χ1) is 10.7. The molecule has 0 bridgehead atoms. The summed E-state index contributed by atoms with van der Waals surface area (Å²) in [4.78, 5) is 14.1. The smallest absolute Gasteiger partial charge is 0.191 e. The van der Waals surface area contributed by atoms with Crippen molar-refractivity contribution in [2.24, 2.45) is 4.99 Å². The molecule has 0 aliphatic rings. The lowest BCUT2D eigenvalue weighted by molar-refractivity contribution is 0.799. The molecule has 0 fully saturated rings. The summed E-state index contributed by atoms with van der Waals surface area (Å²) >= 11 is 7.45. The Morgan fingerprint density at radius 1 is 1.26 bits per heavy atom. The molecule has 0 unspecified atom stereocenters. The van der Waals surface area contributed by atoms with E-state index in [1.54, 1.807) is 17.5 Å². The van der Waals surface area contributed by atoms with Crippen molar-refractivity contribution in [1.82, 2.24) is 20.6 Å². The zero-order valence-corrected chi connectivity index (χ0v) is 17.1. The predicted molar refractivity (Wildman–Crippen MR) is 108 cm³/mol. The number of hydrogen-bond acceptors (Lipinski definition) is 4. The molecule has 2 rings (SSSR count). The number of guanidine groups is 1. The second-order valence-electron chi connectivity index (χ2n) is 4.71. The lowest BCUT2D eigenvalue weighted by Gasteiger charge is -2.10. The van der Waals surface area contributed by atoms with E-state index in [0.29, 0.717) is 11.7 Å². The van der Waals surface area contributed by atoms with Gasteiger partial charge in [0.2, 0.25) is 0 Å². The molecule has 0 aromatic carbocycles. The standard InChI is InChI=1S/C15H20ClN5S.HI/c1-3-17-15(21-10-13-9-19-11(2)22-13)18-7-6-12-4-5-14(16)20-8-12;/h4-5,8-9H,3,6-7,10H2,1-2H3,(H2,17,18,21);1H. The van der Waals surface area contributed by atoms with Crippen molar-refractivity contribution in [3.63, 3.8) is 0 Å². The third kappa shape index (κ3) is 7.45. The largest absolute Gasteiger partial charge is 0.357 e. The third-order valence-electron chi connectivity index (χ3n) is 2.90. The summed E-state index contributed by atoms with van der Waals surface area (Å²) in [6, 6.07) is 3.80. The summed E-state index contributed by atoms with van der Waals surface area (Å²) < 4.78 is 0. The van der Waals surface area contributed by atoms with Crippen LogP contribution in [0.4, 0.5) is 0 Å². The molecule has 2 aromatic heterocycles. The Morgan fingerprint density at radius 3 is 2.70 bits per heavy atom. The first kappa shape index (κ1) is 20.1. The van der Waals surface area contributed by atoms with Crippen LogP contribution in [0.3, 0.4) is 0 Å². The first-order valence-electron chi connectivity index (χ1n) is 7.21. The van der Waals surface area contributed by atoms with Gasteiger partial charge in [-0.05, 0) is 31.9 Å². The molecule has 8 heteroatoms. The van der Waals surface area contributed by atoms with E-state index < -0.39 is 0 Å². The highest BCUT2D eigenvalue weighted by Crippen LogP contribution is 2.12. The predicted octanol–water partition coefficient (Wildman–Crippen LogP) is 3.42. The van der Waals surface area contributed by atoms with Crippen LogP contribution in [0, 0.1) is 6.92 Å². The maximum atomic E-state index is 5.78. The van der Waals surface area contributed by atoms with Gasteiger partial charge in [0, 0.05) is 30.4 Å². The minimum Gasteiger partial charge on any atom is -0.357 e. The fraction of sp³-hybridized carbons (Fsp3) is 0.400. The van der Waals surface area contributed by atoms with Crippen LogP contribution in [0.5, 0.6) is 0 Å². The van der Waals surface area contributed by atoms with Gasteiger partial charge in [-0.25, -0.2) is 15.0 Å². The second kappa shape index (κ2) is 10.8. The SMILES string of the molecule is CCNC(=NCc1cnc(C)s1)NCCc1ccc(Cl)nc1.I. The maximum absolute atomic E-state index is 5.78. The number of nitrogens with one attached hydrogen (secondary N) is 2. The molecule has 0 spiro atoms. The van der Waals surface area contributed by atoms with E-state index in [1.807, 2.05) is 25.3 Å². The van der Waals surface area contributed by atoms with E-state index >= 15 is 0 Å². The average Bonchev–Trinajstić information content (AvgIpc) is 2.92. The van der Waals surface area contributed by atoms with E-state index in [-0.39, 0.29) is 24.0 Å². The lowest BCUT2D eigenvalue weighted by Crippen LogP contribution is -2.38. The quantitative estimate of drug-likeness (QED) is 0.297. The van der Waals surface area contributed by atoms with Crippen molar-refractivity contribution < 1.29 is 0 Å². The Balaban J connectivity index is 0.00000264. The van der Waals surface area contributed by atoms with Crippen LogP contribution >= 0.6 is 46.9 Å². The van der Waals surface area contributed by atoms with Gasteiger partial charge in [0.1, 0.15) is 5.15 Å². The van der Waals surface area contributed by atoms with Gasteiger partial charge in [-0.2, -0.15) is 0 Å². The van der Waals surface area contributed by atoms with Crippen molar-refractivity contribution in [2.45, 2.75) is 26.8 Å². The number of aromatic nitrogens is 2. The Labute approximate surface area is 163 Å². The van der Waals surface area contributed by atoms with Crippen LogP contribution in [0.15, 0.2) is 29.5 Å². The fourth-order valence-corrected chi connectivity index (χ4v) is 2.69. The Kier molecular flexibility index (Phi) is 9.42. The summed E-state index contributed by atoms with van der Waals surface area (Å²) in [6.45, 7) is 6.31. The molecule has 0 aliphatic carbocycles. The third-order valence-corrected chi connectivity index (χ3v) is 4.02. The van der Waals surface area contributed by atoms with E-state index in [9.17, 15) is 0 Å². The monoisotopic (exact) mass is 465 g/mol. The van der Waals surface area contributed by atoms with Crippen molar-refractivity contribution in [3.05, 3.63) is 45.1 Å². The van der Waals surface area contributed by atoms with E-state index in [1.165, 1.54) is 0 Å². The highest BCUT2D eigenvalue weighted by Gasteiger charge is 2.01. The minimum atomic E-state index is 0.